The van der Waals surface area contributed by atoms with Crippen LogP contribution in [-0.4, -0.2) is 36.7 Å². The maximum Gasteiger partial charge on any atom is 0.191 e. The molecule has 4 nitrogen and oxygen atoms in total. The van der Waals surface area contributed by atoms with Gasteiger partial charge in [0, 0.05) is 13.1 Å². The van der Waals surface area contributed by atoms with Gasteiger partial charge in [0.05, 0.1) is 18.8 Å². The molecule has 0 aliphatic heterocycles. The summed E-state index contributed by atoms with van der Waals surface area (Å²) in [4.78, 5) is 4.70. The zero-order valence-corrected chi connectivity index (χ0v) is 17.3. The van der Waals surface area contributed by atoms with Gasteiger partial charge in [0.2, 0.25) is 0 Å². The first-order valence-corrected chi connectivity index (χ1v) is 10.6. The van der Waals surface area contributed by atoms with Gasteiger partial charge in [0.15, 0.2) is 5.96 Å². The van der Waals surface area contributed by atoms with Gasteiger partial charge in [-0.15, -0.1) is 0 Å². The maximum absolute atomic E-state index is 5.86. The van der Waals surface area contributed by atoms with Crippen LogP contribution in [0.25, 0.3) is 0 Å². The number of benzene rings is 1. The Morgan fingerprint density at radius 3 is 2.60 bits per heavy atom. The van der Waals surface area contributed by atoms with E-state index in [1.54, 1.807) is 0 Å². The number of nitrogens with one attached hydrogen (secondary N) is 2. The van der Waals surface area contributed by atoms with E-state index in [2.05, 4.69) is 68.8 Å². The third kappa shape index (κ3) is 11.1. The lowest BCUT2D eigenvalue weighted by molar-refractivity contribution is -0.0149. The van der Waals surface area contributed by atoms with Gasteiger partial charge in [-0.25, -0.2) is 4.99 Å². The average molecular weight is 366 g/mol. The largest absolute Gasteiger partial charge is 0.371 e. The fourth-order valence-corrected chi connectivity index (χ4v) is 2.70. The van der Waals surface area contributed by atoms with Gasteiger partial charge in [0.1, 0.15) is 0 Å². The van der Waals surface area contributed by atoms with Crippen molar-refractivity contribution in [2.75, 3.05) is 25.1 Å². The molecule has 0 spiro atoms. The molecule has 2 N–H and O–H groups in total. The highest BCUT2D eigenvalue weighted by atomic mass is 32.2. The van der Waals surface area contributed by atoms with E-state index in [1.807, 2.05) is 11.8 Å². The molecule has 5 heteroatoms. The van der Waals surface area contributed by atoms with Crippen molar-refractivity contribution in [3.63, 3.8) is 0 Å². The number of hydrogen-bond acceptors (Lipinski definition) is 3. The van der Waals surface area contributed by atoms with Crippen LogP contribution in [0.1, 0.15) is 51.7 Å². The number of hydrogen-bond donors (Lipinski definition) is 2. The van der Waals surface area contributed by atoms with E-state index in [0.29, 0.717) is 13.2 Å². The number of nitrogens with zero attached hydrogens (tertiary/aromatic N) is 1. The van der Waals surface area contributed by atoms with Crippen LogP contribution < -0.4 is 10.6 Å². The highest BCUT2D eigenvalue weighted by Gasteiger charge is 2.10. The molecule has 0 radical (unpaired) electrons. The molecule has 1 aromatic rings. The third-order valence-corrected chi connectivity index (χ3v) is 4.19. The van der Waals surface area contributed by atoms with Crippen molar-refractivity contribution in [2.45, 2.75) is 59.3 Å². The summed E-state index contributed by atoms with van der Waals surface area (Å²) in [6.07, 6.45) is 4.56. The van der Waals surface area contributed by atoms with Gasteiger partial charge in [-0.2, -0.15) is 11.8 Å². The van der Waals surface area contributed by atoms with E-state index in [0.717, 1.165) is 19.0 Å². The standard InChI is InChI=1S/C20H35N3OS/c1-6-21-19(22-12-7-8-13-25-5)23-15-17-10-9-11-18(14-17)16-24-20(2,3)4/h9-11,14H,6-8,12-13,15-16H2,1-5H3,(H2,21,22,23). The van der Waals surface area contributed by atoms with Crippen LogP contribution in [0.15, 0.2) is 29.3 Å². The van der Waals surface area contributed by atoms with Crippen LogP contribution in [0.4, 0.5) is 0 Å². The van der Waals surface area contributed by atoms with Crippen molar-refractivity contribution in [2.24, 2.45) is 4.99 Å². The SMILES string of the molecule is CCNC(=NCc1cccc(COC(C)(C)C)c1)NCCCCSC. The van der Waals surface area contributed by atoms with E-state index in [-0.39, 0.29) is 5.60 Å². The predicted octanol–water partition coefficient (Wildman–Crippen LogP) is 4.20. The average Bonchev–Trinajstić information content (AvgIpc) is 2.57. The quantitative estimate of drug-likeness (QED) is 0.371. The molecule has 0 fully saturated rings. The summed E-state index contributed by atoms with van der Waals surface area (Å²) in [5, 5.41) is 6.73. The lowest BCUT2D eigenvalue weighted by Gasteiger charge is -2.19. The van der Waals surface area contributed by atoms with Gasteiger partial charge in [-0.1, -0.05) is 24.3 Å². The molecule has 0 bridgehead atoms. The lowest BCUT2D eigenvalue weighted by atomic mass is 10.1. The molecule has 142 valence electrons. The van der Waals surface area contributed by atoms with Gasteiger partial charge < -0.3 is 15.4 Å². The summed E-state index contributed by atoms with van der Waals surface area (Å²) < 4.78 is 5.86. The third-order valence-electron chi connectivity index (χ3n) is 3.49. The lowest BCUT2D eigenvalue weighted by Crippen LogP contribution is -2.37. The van der Waals surface area contributed by atoms with E-state index in [4.69, 9.17) is 9.73 Å². The first kappa shape index (κ1) is 21.8. The molecule has 0 atom stereocenters. The highest BCUT2D eigenvalue weighted by Crippen LogP contribution is 2.13. The molecule has 0 amide bonds. The second-order valence-electron chi connectivity index (χ2n) is 7.04. The molecule has 0 saturated heterocycles. The summed E-state index contributed by atoms with van der Waals surface area (Å²) >= 11 is 1.90. The first-order valence-electron chi connectivity index (χ1n) is 9.17. The number of ether oxygens (including phenoxy) is 1. The van der Waals surface area contributed by atoms with Crippen molar-refractivity contribution in [1.82, 2.24) is 10.6 Å². The fourth-order valence-electron chi connectivity index (χ4n) is 2.21. The second kappa shape index (κ2) is 12.2. The zero-order chi connectivity index (χ0) is 18.5. The Morgan fingerprint density at radius 2 is 1.92 bits per heavy atom. The number of aliphatic imine (C=N–C) groups is 1. The van der Waals surface area contributed by atoms with Crippen LogP contribution in [0.5, 0.6) is 0 Å². The van der Waals surface area contributed by atoms with Crippen molar-refractivity contribution in [3.05, 3.63) is 35.4 Å². The highest BCUT2D eigenvalue weighted by molar-refractivity contribution is 7.98. The van der Waals surface area contributed by atoms with E-state index < -0.39 is 0 Å². The van der Waals surface area contributed by atoms with Gasteiger partial charge in [0.25, 0.3) is 0 Å². The smallest absolute Gasteiger partial charge is 0.191 e. The molecule has 1 rings (SSSR count). The monoisotopic (exact) mass is 365 g/mol. The Balaban J connectivity index is 2.54. The van der Waals surface area contributed by atoms with Gasteiger partial charge >= 0.3 is 0 Å². The second-order valence-corrected chi connectivity index (χ2v) is 8.03. The Bertz CT molecular complexity index is 512. The summed E-state index contributed by atoms with van der Waals surface area (Å²) in [6, 6.07) is 8.48. The normalized spacial score (nSPS) is 12.3. The fraction of sp³-hybridized carbons (Fsp3) is 0.650. The number of unbranched alkanes of at least 4 members (excludes halogenated alkanes) is 1. The summed E-state index contributed by atoms with van der Waals surface area (Å²) in [6.45, 7) is 11.5. The first-order chi connectivity index (χ1) is 11.9. The van der Waals surface area contributed by atoms with Crippen molar-refractivity contribution < 1.29 is 4.74 Å². The predicted molar refractivity (Wildman–Crippen MR) is 111 cm³/mol. The molecule has 25 heavy (non-hydrogen) atoms. The molecule has 0 aromatic heterocycles. The Hall–Kier alpha value is -1.20. The van der Waals surface area contributed by atoms with Crippen LogP contribution in [0, 0.1) is 0 Å². The van der Waals surface area contributed by atoms with Crippen LogP contribution in [-0.2, 0) is 17.9 Å². The van der Waals surface area contributed by atoms with Gasteiger partial charge in [-0.05, 0) is 63.7 Å². The van der Waals surface area contributed by atoms with Crippen molar-refractivity contribution in [3.8, 4) is 0 Å². The number of rotatable bonds is 10. The Morgan fingerprint density at radius 1 is 1.16 bits per heavy atom. The van der Waals surface area contributed by atoms with Crippen LogP contribution in [0.2, 0.25) is 0 Å². The van der Waals surface area contributed by atoms with Crippen LogP contribution >= 0.6 is 11.8 Å². The summed E-state index contributed by atoms with van der Waals surface area (Å²) in [5.74, 6) is 2.11. The molecule has 0 heterocycles. The van der Waals surface area contributed by atoms with E-state index in [9.17, 15) is 0 Å². The van der Waals surface area contributed by atoms with Crippen LogP contribution in [0.3, 0.4) is 0 Å². The number of guanidine groups is 1. The number of thioether (sulfide) groups is 1. The Kier molecular flexibility index (Phi) is 10.7. The minimum absolute atomic E-state index is 0.118. The molecule has 1 aromatic carbocycles. The van der Waals surface area contributed by atoms with Crippen molar-refractivity contribution in [1.29, 1.82) is 0 Å². The zero-order valence-electron chi connectivity index (χ0n) is 16.5. The maximum atomic E-state index is 5.86. The molecular formula is C20H35N3OS. The minimum Gasteiger partial charge on any atom is -0.371 e. The van der Waals surface area contributed by atoms with E-state index >= 15 is 0 Å². The topological polar surface area (TPSA) is 45.7 Å². The molecular weight excluding hydrogens is 330 g/mol. The van der Waals surface area contributed by atoms with E-state index in [1.165, 1.54) is 29.7 Å². The van der Waals surface area contributed by atoms with Crippen molar-refractivity contribution >= 4 is 17.7 Å². The molecule has 0 aliphatic carbocycles. The molecule has 0 unspecified atom stereocenters. The molecule has 0 aliphatic rings. The van der Waals surface area contributed by atoms with Gasteiger partial charge in [-0.3, -0.25) is 0 Å². The minimum atomic E-state index is -0.118. The molecule has 0 saturated carbocycles. The summed E-state index contributed by atoms with van der Waals surface area (Å²) in [7, 11) is 0. The summed E-state index contributed by atoms with van der Waals surface area (Å²) in [5.41, 5.74) is 2.28. The Labute approximate surface area is 158 Å².